The van der Waals surface area contributed by atoms with Gasteiger partial charge in [0.15, 0.2) is 5.78 Å². The molecule has 0 aliphatic rings. The summed E-state index contributed by atoms with van der Waals surface area (Å²) < 4.78 is 4.45. The Bertz CT molecular complexity index is 499. The number of benzene rings is 1. The van der Waals surface area contributed by atoms with Gasteiger partial charge in [-0.15, -0.1) is 0 Å². The van der Waals surface area contributed by atoms with Crippen molar-refractivity contribution >= 4 is 23.8 Å². The minimum absolute atomic E-state index is 0.0516. The summed E-state index contributed by atoms with van der Waals surface area (Å²) in [6, 6.07) is 6.48. The van der Waals surface area contributed by atoms with Crippen molar-refractivity contribution in [3.05, 3.63) is 41.5 Å². The molecule has 0 spiro atoms. The van der Waals surface area contributed by atoms with E-state index in [2.05, 4.69) is 4.74 Å². The van der Waals surface area contributed by atoms with Crippen LogP contribution >= 0.6 is 0 Å². The van der Waals surface area contributed by atoms with Gasteiger partial charge in [-0.1, -0.05) is 24.3 Å². The Morgan fingerprint density at radius 3 is 2.32 bits per heavy atom. The van der Waals surface area contributed by atoms with E-state index in [0.29, 0.717) is 11.1 Å². The quantitative estimate of drug-likeness (QED) is 0.481. The molecule has 0 unspecified atom stereocenters. The molecule has 5 nitrogen and oxygen atoms in total. The number of ether oxygens (including phenoxy) is 1. The largest absolute Gasteiger partial charge is 0.478 e. The van der Waals surface area contributed by atoms with Crippen molar-refractivity contribution in [1.29, 1.82) is 0 Å². The number of ketones is 1. The molecule has 0 aliphatic carbocycles. The maximum atomic E-state index is 11.7. The fourth-order valence-electron chi connectivity index (χ4n) is 1.41. The van der Waals surface area contributed by atoms with Gasteiger partial charge in [0.25, 0.3) is 0 Å². The van der Waals surface area contributed by atoms with Crippen LogP contribution in [-0.2, 0) is 14.3 Å². The van der Waals surface area contributed by atoms with Gasteiger partial charge in [0.05, 0.1) is 13.5 Å². The number of hydrogen-bond acceptors (Lipinski definition) is 4. The number of rotatable bonds is 6. The number of carbonyl (C=O) groups is 3. The Kier molecular flexibility index (Phi) is 5.47. The lowest BCUT2D eigenvalue weighted by Gasteiger charge is -2.01. The van der Waals surface area contributed by atoms with E-state index in [9.17, 15) is 14.4 Å². The van der Waals surface area contributed by atoms with Gasteiger partial charge in [-0.2, -0.15) is 0 Å². The second-order valence-electron chi connectivity index (χ2n) is 3.79. The topological polar surface area (TPSA) is 80.7 Å². The summed E-state index contributed by atoms with van der Waals surface area (Å²) in [4.78, 5) is 33.0. The van der Waals surface area contributed by atoms with E-state index in [0.717, 1.165) is 6.08 Å². The van der Waals surface area contributed by atoms with Crippen molar-refractivity contribution in [3.8, 4) is 0 Å². The Hall–Kier alpha value is -2.43. The molecular formula is C14H14O5. The molecule has 1 aromatic rings. The van der Waals surface area contributed by atoms with Gasteiger partial charge in [0.2, 0.25) is 0 Å². The lowest BCUT2D eigenvalue weighted by Crippen LogP contribution is -2.05. The number of hydrogen-bond donors (Lipinski definition) is 1. The molecule has 1 aromatic carbocycles. The van der Waals surface area contributed by atoms with E-state index in [4.69, 9.17) is 5.11 Å². The molecule has 0 fully saturated rings. The Morgan fingerprint density at radius 2 is 1.79 bits per heavy atom. The molecule has 1 N–H and O–H groups in total. The number of aliphatic carboxylic acids is 1. The first-order valence-corrected chi connectivity index (χ1v) is 5.64. The van der Waals surface area contributed by atoms with Crippen LogP contribution in [0.25, 0.3) is 6.08 Å². The number of Topliss-reactive ketones (excluding diaryl/α,β-unsaturated/α-hetero) is 1. The van der Waals surface area contributed by atoms with Gasteiger partial charge in [0.1, 0.15) is 0 Å². The summed E-state index contributed by atoms with van der Waals surface area (Å²) in [6.45, 7) is 0. The highest BCUT2D eigenvalue weighted by atomic mass is 16.5. The Morgan fingerprint density at radius 1 is 1.16 bits per heavy atom. The molecule has 0 aliphatic heterocycles. The summed E-state index contributed by atoms with van der Waals surface area (Å²) in [7, 11) is 1.27. The van der Waals surface area contributed by atoms with Crippen molar-refractivity contribution < 1.29 is 24.2 Å². The summed E-state index contributed by atoms with van der Waals surface area (Å²) in [6.07, 6.45) is 2.60. The molecule has 0 saturated carbocycles. The van der Waals surface area contributed by atoms with E-state index in [1.807, 2.05) is 0 Å². The molecular weight excluding hydrogens is 248 g/mol. The van der Waals surface area contributed by atoms with Crippen LogP contribution in [-0.4, -0.2) is 29.9 Å². The van der Waals surface area contributed by atoms with E-state index in [-0.39, 0.29) is 18.6 Å². The first-order chi connectivity index (χ1) is 9.02. The molecule has 100 valence electrons. The lowest BCUT2D eigenvalue weighted by atomic mass is 10.0. The SMILES string of the molecule is COC(=O)CCC(=O)c1ccc(C=CC(=O)O)cc1. The maximum Gasteiger partial charge on any atom is 0.328 e. The third-order valence-corrected chi connectivity index (χ3v) is 2.43. The van der Waals surface area contributed by atoms with E-state index in [1.165, 1.54) is 13.2 Å². The van der Waals surface area contributed by atoms with Crippen LogP contribution in [0.4, 0.5) is 0 Å². The highest BCUT2D eigenvalue weighted by Crippen LogP contribution is 2.10. The first kappa shape index (κ1) is 14.6. The van der Waals surface area contributed by atoms with E-state index >= 15 is 0 Å². The predicted molar refractivity (Wildman–Crippen MR) is 68.7 cm³/mol. The third kappa shape index (κ3) is 5.16. The second kappa shape index (κ2) is 7.10. The highest BCUT2D eigenvalue weighted by molar-refractivity contribution is 5.97. The van der Waals surface area contributed by atoms with Crippen LogP contribution in [0.2, 0.25) is 0 Å². The molecule has 5 heteroatoms. The zero-order valence-corrected chi connectivity index (χ0v) is 10.5. The first-order valence-electron chi connectivity index (χ1n) is 5.64. The predicted octanol–water partition coefficient (Wildman–Crippen LogP) is 1.92. The average Bonchev–Trinajstić information content (AvgIpc) is 2.42. The zero-order valence-electron chi connectivity index (χ0n) is 10.5. The smallest absolute Gasteiger partial charge is 0.328 e. The molecule has 1 rings (SSSR count). The van der Waals surface area contributed by atoms with Crippen molar-refractivity contribution in [3.63, 3.8) is 0 Å². The average molecular weight is 262 g/mol. The fraction of sp³-hybridized carbons (Fsp3) is 0.214. The Labute approximate surface area is 110 Å². The summed E-state index contributed by atoms with van der Waals surface area (Å²) in [5, 5.41) is 8.48. The zero-order chi connectivity index (χ0) is 14.3. The van der Waals surface area contributed by atoms with Crippen LogP contribution in [0.5, 0.6) is 0 Å². The minimum atomic E-state index is -1.03. The van der Waals surface area contributed by atoms with Gasteiger partial charge >= 0.3 is 11.9 Å². The number of carboxylic acids is 1. The van der Waals surface area contributed by atoms with Gasteiger partial charge in [-0.05, 0) is 11.6 Å². The molecule has 0 aromatic heterocycles. The van der Waals surface area contributed by atoms with Crippen LogP contribution in [0.3, 0.4) is 0 Å². The van der Waals surface area contributed by atoms with Crippen LogP contribution in [0.15, 0.2) is 30.3 Å². The molecule has 0 amide bonds. The Balaban J connectivity index is 2.63. The normalized spacial score (nSPS) is 10.4. The van der Waals surface area contributed by atoms with Gasteiger partial charge in [-0.3, -0.25) is 9.59 Å². The molecule has 0 bridgehead atoms. The minimum Gasteiger partial charge on any atom is -0.478 e. The van der Waals surface area contributed by atoms with Crippen LogP contribution < -0.4 is 0 Å². The lowest BCUT2D eigenvalue weighted by molar-refractivity contribution is -0.140. The molecule has 0 heterocycles. The number of carboxylic acid groups (broad SMARTS) is 1. The fourth-order valence-corrected chi connectivity index (χ4v) is 1.41. The van der Waals surface area contributed by atoms with Crippen LogP contribution in [0, 0.1) is 0 Å². The molecule has 0 radical (unpaired) electrons. The van der Waals surface area contributed by atoms with Gasteiger partial charge < -0.3 is 9.84 Å². The third-order valence-electron chi connectivity index (χ3n) is 2.43. The monoisotopic (exact) mass is 262 g/mol. The number of carbonyl (C=O) groups excluding carboxylic acids is 2. The van der Waals surface area contributed by atoms with Crippen molar-refractivity contribution in [2.45, 2.75) is 12.8 Å². The van der Waals surface area contributed by atoms with Gasteiger partial charge in [-0.25, -0.2) is 4.79 Å². The van der Waals surface area contributed by atoms with Crippen LogP contribution in [0.1, 0.15) is 28.8 Å². The van der Waals surface area contributed by atoms with Crippen molar-refractivity contribution in [2.75, 3.05) is 7.11 Å². The van der Waals surface area contributed by atoms with Gasteiger partial charge in [0, 0.05) is 18.1 Å². The van der Waals surface area contributed by atoms with Crippen molar-refractivity contribution in [2.24, 2.45) is 0 Å². The number of esters is 1. The summed E-state index contributed by atoms with van der Waals surface area (Å²) >= 11 is 0. The number of methoxy groups -OCH3 is 1. The van der Waals surface area contributed by atoms with E-state index < -0.39 is 11.9 Å². The highest BCUT2D eigenvalue weighted by Gasteiger charge is 2.08. The maximum absolute atomic E-state index is 11.7. The molecule has 19 heavy (non-hydrogen) atoms. The molecule has 0 saturated heterocycles. The molecule has 0 atom stereocenters. The summed E-state index contributed by atoms with van der Waals surface area (Å²) in [5.41, 5.74) is 1.17. The van der Waals surface area contributed by atoms with Crippen molar-refractivity contribution in [1.82, 2.24) is 0 Å². The standard InChI is InChI=1S/C14H14O5/c1-19-14(18)9-7-12(15)11-5-2-10(3-6-11)4-8-13(16)17/h2-6,8H,7,9H2,1H3,(H,16,17). The second-order valence-corrected chi connectivity index (χ2v) is 3.79. The van der Waals surface area contributed by atoms with E-state index in [1.54, 1.807) is 24.3 Å². The summed E-state index contributed by atoms with van der Waals surface area (Å²) in [5.74, 6) is -1.60.